The van der Waals surface area contributed by atoms with E-state index in [9.17, 15) is 9.50 Å². The molecule has 0 saturated carbocycles. The fraction of sp³-hybridized carbons (Fsp3) is 0.714. The van der Waals surface area contributed by atoms with Crippen molar-refractivity contribution in [2.75, 3.05) is 39.4 Å². The number of piperidine rings is 1. The van der Waals surface area contributed by atoms with Crippen molar-refractivity contribution in [2.24, 2.45) is 0 Å². The third kappa shape index (κ3) is 4.29. The maximum absolute atomic E-state index is 13.9. The Labute approximate surface area is 160 Å². The van der Waals surface area contributed by atoms with Crippen molar-refractivity contribution in [2.45, 2.75) is 56.3 Å². The van der Waals surface area contributed by atoms with E-state index in [1.165, 1.54) is 6.07 Å². The third-order valence-corrected chi connectivity index (χ3v) is 6.30. The Kier molecular flexibility index (Phi) is 5.18. The molecule has 5 nitrogen and oxygen atoms in total. The number of rotatable bonds is 5. The first-order valence-electron chi connectivity index (χ1n) is 10.2. The normalized spacial score (nSPS) is 30.3. The van der Waals surface area contributed by atoms with Crippen molar-refractivity contribution in [1.82, 2.24) is 5.32 Å². The van der Waals surface area contributed by atoms with Gasteiger partial charge in [-0.25, -0.2) is 4.39 Å². The lowest BCUT2D eigenvalue weighted by Gasteiger charge is -2.38. The topological polar surface area (TPSA) is 55.2 Å². The molecule has 3 heterocycles. The van der Waals surface area contributed by atoms with Gasteiger partial charge in [-0.1, -0.05) is 0 Å². The van der Waals surface area contributed by atoms with Crippen LogP contribution in [0, 0.1) is 5.82 Å². The van der Waals surface area contributed by atoms with Crippen LogP contribution in [-0.2, 0) is 4.74 Å². The van der Waals surface area contributed by atoms with Crippen molar-refractivity contribution < 1.29 is 23.9 Å². The highest BCUT2D eigenvalue weighted by atomic mass is 19.1. The van der Waals surface area contributed by atoms with Crippen LogP contribution in [0.2, 0.25) is 0 Å². The van der Waals surface area contributed by atoms with E-state index in [0.717, 1.165) is 57.6 Å². The van der Waals surface area contributed by atoms with E-state index < -0.39 is 5.60 Å². The van der Waals surface area contributed by atoms with Crippen LogP contribution in [0.1, 0.15) is 44.6 Å². The van der Waals surface area contributed by atoms with Crippen LogP contribution in [0.5, 0.6) is 5.75 Å². The summed E-state index contributed by atoms with van der Waals surface area (Å²) in [7, 11) is 0. The van der Waals surface area contributed by atoms with Crippen LogP contribution in [0.25, 0.3) is 0 Å². The van der Waals surface area contributed by atoms with E-state index in [2.05, 4.69) is 5.32 Å². The van der Waals surface area contributed by atoms with Crippen LogP contribution in [0.3, 0.4) is 0 Å². The second-order valence-corrected chi connectivity index (χ2v) is 9.21. The van der Waals surface area contributed by atoms with Gasteiger partial charge in [-0.2, -0.15) is 0 Å². The minimum Gasteiger partial charge on any atom is -0.490 e. The Morgan fingerprint density at radius 1 is 1.33 bits per heavy atom. The van der Waals surface area contributed by atoms with Gasteiger partial charge in [0.2, 0.25) is 0 Å². The van der Waals surface area contributed by atoms with Gasteiger partial charge in [-0.15, -0.1) is 0 Å². The molecule has 3 N–H and O–H groups in total. The Morgan fingerprint density at radius 2 is 2.07 bits per heavy atom. The molecule has 1 unspecified atom stereocenters. The first-order chi connectivity index (χ1) is 12.8. The average Bonchev–Trinajstić information content (AvgIpc) is 3.06. The number of hydrogen-bond donors (Lipinski definition) is 3. The number of benzene rings is 1. The Morgan fingerprint density at radius 3 is 2.67 bits per heavy atom. The second kappa shape index (κ2) is 7.32. The lowest BCUT2D eigenvalue weighted by Crippen LogP contribution is -3.17. The molecule has 0 aliphatic carbocycles. The number of quaternary nitrogens is 1. The summed E-state index contributed by atoms with van der Waals surface area (Å²) in [5, 5.41) is 13.3. The van der Waals surface area contributed by atoms with Crippen molar-refractivity contribution in [3.05, 3.63) is 29.6 Å². The summed E-state index contributed by atoms with van der Waals surface area (Å²) in [6.07, 6.45) is 3.21. The zero-order chi connectivity index (χ0) is 19.1. The van der Waals surface area contributed by atoms with Gasteiger partial charge >= 0.3 is 0 Å². The molecule has 1 atom stereocenters. The summed E-state index contributed by atoms with van der Waals surface area (Å²) < 4.78 is 25.8. The standard InChI is InChI=1S/C21H31FN2O3/c1-20(2,25)14-26-19-4-3-16(22)9-18(19)15-5-7-24(8-6-15)17-10-21(27-11-17)12-23-13-21/h3-4,9,15,17,23,25H,5-8,10-14H2,1-2H3/p+1. The first-order valence-corrected chi connectivity index (χ1v) is 10.2. The highest BCUT2D eigenvalue weighted by molar-refractivity contribution is 5.37. The van der Waals surface area contributed by atoms with Crippen LogP contribution < -0.4 is 15.0 Å². The van der Waals surface area contributed by atoms with Crippen molar-refractivity contribution in [3.63, 3.8) is 0 Å². The lowest BCUT2D eigenvalue weighted by molar-refractivity contribution is -0.929. The van der Waals surface area contributed by atoms with Crippen LogP contribution in [-0.4, -0.2) is 61.7 Å². The molecule has 3 saturated heterocycles. The molecule has 0 radical (unpaired) electrons. The maximum Gasteiger partial charge on any atom is 0.123 e. The summed E-state index contributed by atoms with van der Waals surface area (Å²) in [6, 6.07) is 5.34. The van der Waals surface area contributed by atoms with Crippen LogP contribution >= 0.6 is 0 Å². The minimum absolute atomic E-state index is 0.106. The molecule has 0 bridgehead atoms. The molecule has 4 rings (SSSR count). The monoisotopic (exact) mass is 379 g/mol. The molecule has 3 aliphatic rings. The molecule has 1 aromatic rings. The van der Waals surface area contributed by atoms with Gasteiger partial charge in [0.25, 0.3) is 0 Å². The number of hydrogen-bond acceptors (Lipinski definition) is 4. The molecular formula is C21H32FN2O3+. The van der Waals surface area contributed by atoms with E-state index in [4.69, 9.17) is 9.47 Å². The summed E-state index contributed by atoms with van der Waals surface area (Å²) in [6.45, 7) is 8.65. The Hall–Kier alpha value is -1.21. The molecule has 3 aliphatic heterocycles. The van der Waals surface area contributed by atoms with E-state index in [-0.39, 0.29) is 18.0 Å². The van der Waals surface area contributed by atoms with Gasteiger partial charge in [0.05, 0.1) is 30.9 Å². The highest BCUT2D eigenvalue weighted by Gasteiger charge is 2.49. The van der Waals surface area contributed by atoms with Crippen molar-refractivity contribution in [1.29, 1.82) is 0 Å². The van der Waals surface area contributed by atoms with E-state index in [1.54, 1.807) is 30.9 Å². The van der Waals surface area contributed by atoms with E-state index in [1.807, 2.05) is 0 Å². The number of likely N-dealkylation sites (tertiary alicyclic amines) is 1. The smallest absolute Gasteiger partial charge is 0.123 e. The van der Waals surface area contributed by atoms with Gasteiger partial charge < -0.3 is 24.8 Å². The van der Waals surface area contributed by atoms with Crippen LogP contribution in [0.15, 0.2) is 18.2 Å². The second-order valence-electron chi connectivity index (χ2n) is 9.21. The number of halogens is 1. The molecule has 0 aromatic heterocycles. The quantitative estimate of drug-likeness (QED) is 0.711. The van der Waals surface area contributed by atoms with Gasteiger partial charge in [0.15, 0.2) is 0 Å². The maximum atomic E-state index is 13.9. The zero-order valence-corrected chi connectivity index (χ0v) is 16.4. The van der Waals surface area contributed by atoms with Gasteiger partial charge in [-0.3, -0.25) is 0 Å². The van der Waals surface area contributed by atoms with Gasteiger partial charge in [0.1, 0.15) is 24.2 Å². The van der Waals surface area contributed by atoms with E-state index in [0.29, 0.717) is 17.7 Å². The molecule has 0 amide bonds. The molecule has 1 spiro atoms. The van der Waals surface area contributed by atoms with E-state index >= 15 is 0 Å². The average molecular weight is 379 g/mol. The van der Waals surface area contributed by atoms with Gasteiger partial charge in [-0.05, 0) is 38.0 Å². The molecule has 150 valence electrons. The SMILES string of the molecule is CC(C)(O)COc1ccc(F)cc1C1CC[NH+](C2COC3(CNC3)C2)CC1. The highest BCUT2D eigenvalue weighted by Crippen LogP contribution is 2.34. The summed E-state index contributed by atoms with van der Waals surface area (Å²) >= 11 is 0. The summed E-state index contributed by atoms with van der Waals surface area (Å²) in [5.74, 6) is 0.789. The molecular weight excluding hydrogens is 347 g/mol. The largest absolute Gasteiger partial charge is 0.490 e. The molecule has 1 aromatic carbocycles. The predicted octanol–water partition coefficient (Wildman–Crippen LogP) is 0.869. The summed E-state index contributed by atoms with van der Waals surface area (Å²) in [5.41, 5.74) is 0.143. The van der Waals surface area contributed by atoms with Crippen molar-refractivity contribution >= 4 is 0 Å². The number of ether oxygens (including phenoxy) is 2. The predicted molar refractivity (Wildman–Crippen MR) is 101 cm³/mol. The fourth-order valence-electron chi connectivity index (χ4n) is 4.69. The lowest BCUT2D eigenvalue weighted by atomic mass is 9.86. The molecule has 3 fully saturated rings. The fourth-order valence-corrected chi connectivity index (χ4v) is 4.69. The molecule has 6 heteroatoms. The minimum atomic E-state index is -0.909. The van der Waals surface area contributed by atoms with Crippen molar-refractivity contribution in [3.8, 4) is 5.75 Å². The van der Waals surface area contributed by atoms with Gasteiger partial charge in [0, 0.05) is 37.9 Å². The third-order valence-electron chi connectivity index (χ3n) is 6.30. The Bertz CT molecular complexity index is 664. The zero-order valence-electron chi connectivity index (χ0n) is 16.4. The number of nitrogens with one attached hydrogen (secondary N) is 2. The first kappa shape index (κ1) is 19.1. The summed E-state index contributed by atoms with van der Waals surface area (Å²) in [4.78, 5) is 1.63. The Balaban J connectivity index is 1.38. The number of aliphatic hydroxyl groups is 1. The van der Waals surface area contributed by atoms with Crippen LogP contribution in [0.4, 0.5) is 4.39 Å². The molecule has 27 heavy (non-hydrogen) atoms.